The van der Waals surface area contributed by atoms with E-state index in [1.165, 1.54) is 24.3 Å². The number of ether oxygens (including phenoxy) is 1. The average molecular weight is 333 g/mol. The van der Waals surface area contributed by atoms with E-state index in [1.54, 1.807) is 20.8 Å². The van der Waals surface area contributed by atoms with Gasteiger partial charge in [-0.1, -0.05) is 12.1 Å². The van der Waals surface area contributed by atoms with Crippen LogP contribution in [0.5, 0.6) is 0 Å². The molecule has 1 aromatic rings. The van der Waals surface area contributed by atoms with Crippen molar-refractivity contribution in [3.8, 4) is 0 Å². The van der Waals surface area contributed by atoms with E-state index in [1.807, 2.05) is 0 Å². The number of carbonyl (C=O) groups excluding carboxylic acids is 1. The summed E-state index contributed by atoms with van der Waals surface area (Å²) in [6.07, 6.45) is -5.61. The van der Waals surface area contributed by atoms with Gasteiger partial charge in [-0.25, -0.2) is 4.79 Å². The highest BCUT2D eigenvalue weighted by Gasteiger charge is 2.51. The number of alkyl halides is 3. The van der Waals surface area contributed by atoms with Gasteiger partial charge in [-0.2, -0.15) is 13.2 Å². The number of aliphatic hydroxyl groups excluding tert-OH is 1. The summed E-state index contributed by atoms with van der Waals surface area (Å²) in [5.41, 5.74) is -2.46. The summed E-state index contributed by atoms with van der Waals surface area (Å²) in [4.78, 5) is 11.6. The van der Waals surface area contributed by atoms with Gasteiger partial charge in [0.25, 0.3) is 0 Å². The van der Waals surface area contributed by atoms with E-state index in [9.17, 15) is 18.0 Å². The van der Waals surface area contributed by atoms with Gasteiger partial charge in [-0.15, -0.1) is 0 Å². The van der Waals surface area contributed by atoms with E-state index < -0.39 is 36.3 Å². The van der Waals surface area contributed by atoms with Crippen molar-refractivity contribution in [1.29, 1.82) is 0 Å². The molecule has 0 saturated carbocycles. The molecule has 130 valence electrons. The molecule has 1 amide bonds. The predicted octanol–water partition coefficient (Wildman–Crippen LogP) is 4.24. The Bertz CT molecular complexity index is 535. The number of benzene rings is 1. The van der Waals surface area contributed by atoms with Crippen LogP contribution >= 0.6 is 0 Å². The third kappa shape index (κ3) is 5.13. The minimum atomic E-state index is -4.49. The quantitative estimate of drug-likeness (QED) is 0.866. The Labute approximate surface area is 133 Å². The van der Waals surface area contributed by atoms with E-state index in [2.05, 4.69) is 5.32 Å². The monoisotopic (exact) mass is 333 g/mol. The second-order valence-corrected chi connectivity index (χ2v) is 6.51. The van der Waals surface area contributed by atoms with Gasteiger partial charge in [-0.05, 0) is 51.8 Å². The van der Waals surface area contributed by atoms with Gasteiger partial charge in [0, 0.05) is 12.3 Å². The molecule has 1 aromatic carbocycles. The lowest BCUT2D eigenvalue weighted by atomic mass is 9.79. The van der Waals surface area contributed by atoms with Gasteiger partial charge in [-0.3, -0.25) is 5.32 Å². The molecule has 0 saturated heterocycles. The maximum Gasteiger partial charge on any atom is 0.412 e. The second-order valence-electron chi connectivity index (χ2n) is 6.51. The number of carbonyl (C=O) groups is 1. The molecule has 0 aromatic heterocycles. The summed E-state index contributed by atoms with van der Waals surface area (Å²) in [5.74, 6) is 0. The zero-order valence-electron chi connectivity index (χ0n) is 13.6. The molecule has 0 heterocycles. The molecule has 4 nitrogen and oxygen atoms in total. The SMILES string of the molecule is CC(C)(C)OC(=O)Nc1ccc(C(C)(CCO)C(F)(F)F)cc1. The first-order valence-corrected chi connectivity index (χ1v) is 7.17. The van der Waals surface area contributed by atoms with Crippen molar-refractivity contribution in [2.75, 3.05) is 11.9 Å². The number of aliphatic hydroxyl groups is 1. The Morgan fingerprint density at radius 3 is 2.04 bits per heavy atom. The molecule has 0 aliphatic heterocycles. The fourth-order valence-corrected chi connectivity index (χ4v) is 2.02. The minimum absolute atomic E-state index is 0.0220. The molecule has 1 unspecified atom stereocenters. The van der Waals surface area contributed by atoms with Crippen molar-refractivity contribution in [2.24, 2.45) is 0 Å². The van der Waals surface area contributed by atoms with Crippen molar-refractivity contribution in [1.82, 2.24) is 0 Å². The van der Waals surface area contributed by atoms with Gasteiger partial charge in [0.1, 0.15) is 5.60 Å². The second kappa shape index (κ2) is 6.78. The van der Waals surface area contributed by atoms with Crippen LogP contribution in [-0.2, 0) is 10.2 Å². The number of nitrogens with one attached hydrogen (secondary N) is 1. The van der Waals surface area contributed by atoms with Crippen molar-refractivity contribution < 1.29 is 27.8 Å². The third-order valence-corrected chi connectivity index (χ3v) is 3.40. The number of amides is 1. The van der Waals surface area contributed by atoms with Gasteiger partial charge in [0.05, 0.1) is 5.41 Å². The highest BCUT2D eigenvalue weighted by atomic mass is 19.4. The van der Waals surface area contributed by atoms with Crippen LogP contribution < -0.4 is 5.32 Å². The molecule has 0 radical (unpaired) electrons. The first kappa shape index (κ1) is 19.3. The number of hydrogen-bond acceptors (Lipinski definition) is 3. The predicted molar refractivity (Wildman–Crippen MR) is 81.4 cm³/mol. The van der Waals surface area contributed by atoms with Crippen LogP contribution in [0.25, 0.3) is 0 Å². The lowest BCUT2D eigenvalue weighted by Crippen LogP contribution is -2.40. The molecule has 0 fully saturated rings. The van der Waals surface area contributed by atoms with Gasteiger partial charge in [0.2, 0.25) is 0 Å². The molecule has 2 N–H and O–H groups in total. The van der Waals surface area contributed by atoms with Crippen LogP contribution in [0.15, 0.2) is 24.3 Å². The maximum absolute atomic E-state index is 13.3. The van der Waals surface area contributed by atoms with Crippen LogP contribution in [0.4, 0.5) is 23.7 Å². The smallest absolute Gasteiger partial charge is 0.412 e. The highest BCUT2D eigenvalue weighted by Crippen LogP contribution is 2.43. The Kier molecular flexibility index (Phi) is 5.69. The molecule has 0 bridgehead atoms. The number of anilines is 1. The normalized spacial score (nSPS) is 15.0. The summed E-state index contributed by atoms with van der Waals surface area (Å²) >= 11 is 0. The number of hydrogen-bond donors (Lipinski definition) is 2. The molecule has 7 heteroatoms. The summed E-state index contributed by atoms with van der Waals surface area (Å²) in [6.45, 7) is 5.59. The van der Waals surface area contributed by atoms with Crippen molar-refractivity contribution in [2.45, 2.75) is 51.3 Å². The van der Waals surface area contributed by atoms with Crippen LogP contribution in [0, 0.1) is 0 Å². The van der Waals surface area contributed by atoms with Crippen LogP contribution in [0.2, 0.25) is 0 Å². The zero-order chi connectivity index (χ0) is 17.9. The molecular weight excluding hydrogens is 311 g/mol. The van der Waals surface area contributed by atoms with Crippen LogP contribution in [0.1, 0.15) is 39.7 Å². The molecule has 0 aliphatic rings. The third-order valence-electron chi connectivity index (χ3n) is 3.40. The Balaban J connectivity index is 2.93. The van der Waals surface area contributed by atoms with E-state index >= 15 is 0 Å². The largest absolute Gasteiger partial charge is 0.444 e. The lowest BCUT2D eigenvalue weighted by molar-refractivity contribution is -0.189. The standard InChI is InChI=1S/C16H22F3NO3/c1-14(2,3)23-13(22)20-12-7-5-11(6-8-12)15(4,9-10-21)16(17,18)19/h5-8,21H,9-10H2,1-4H3,(H,20,22). The topological polar surface area (TPSA) is 58.6 Å². The summed E-state index contributed by atoms with van der Waals surface area (Å²) in [5, 5.41) is 11.4. The number of halogens is 3. The average Bonchev–Trinajstić information content (AvgIpc) is 2.36. The molecule has 23 heavy (non-hydrogen) atoms. The first-order chi connectivity index (χ1) is 10.4. The molecule has 0 spiro atoms. The summed E-state index contributed by atoms with van der Waals surface area (Å²) < 4.78 is 44.9. The van der Waals surface area contributed by atoms with E-state index in [0.29, 0.717) is 5.69 Å². The number of rotatable bonds is 4. The van der Waals surface area contributed by atoms with Crippen LogP contribution in [0.3, 0.4) is 0 Å². The molecule has 1 atom stereocenters. The maximum atomic E-state index is 13.3. The molecule has 1 rings (SSSR count). The van der Waals surface area contributed by atoms with Gasteiger partial charge >= 0.3 is 12.3 Å². The Morgan fingerprint density at radius 1 is 1.13 bits per heavy atom. The first-order valence-electron chi connectivity index (χ1n) is 7.17. The highest BCUT2D eigenvalue weighted by molar-refractivity contribution is 5.84. The fraction of sp³-hybridized carbons (Fsp3) is 0.562. The Hall–Kier alpha value is -1.76. The van der Waals surface area contributed by atoms with Crippen molar-refractivity contribution >= 4 is 11.8 Å². The van der Waals surface area contributed by atoms with Gasteiger partial charge < -0.3 is 9.84 Å². The van der Waals surface area contributed by atoms with Crippen LogP contribution in [-0.4, -0.2) is 29.6 Å². The Morgan fingerprint density at radius 2 is 1.65 bits per heavy atom. The summed E-state index contributed by atoms with van der Waals surface area (Å²) in [7, 11) is 0. The van der Waals surface area contributed by atoms with E-state index in [-0.39, 0.29) is 5.56 Å². The zero-order valence-corrected chi connectivity index (χ0v) is 13.6. The molecule has 0 aliphatic carbocycles. The minimum Gasteiger partial charge on any atom is -0.444 e. The van der Waals surface area contributed by atoms with Gasteiger partial charge in [0.15, 0.2) is 0 Å². The van der Waals surface area contributed by atoms with Crippen molar-refractivity contribution in [3.63, 3.8) is 0 Å². The van der Waals surface area contributed by atoms with E-state index in [4.69, 9.17) is 9.84 Å². The van der Waals surface area contributed by atoms with E-state index in [0.717, 1.165) is 6.92 Å². The van der Waals surface area contributed by atoms with Crippen molar-refractivity contribution in [3.05, 3.63) is 29.8 Å². The molecular formula is C16H22F3NO3. The summed E-state index contributed by atoms with van der Waals surface area (Å²) in [6, 6.07) is 5.33. The lowest BCUT2D eigenvalue weighted by Gasteiger charge is -2.32. The fourth-order valence-electron chi connectivity index (χ4n) is 2.02.